The van der Waals surface area contributed by atoms with Crippen LogP contribution in [0.1, 0.15) is 71.8 Å². The van der Waals surface area contributed by atoms with Gasteiger partial charge in [-0.1, -0.05) is 58.6 Å². The Morgan fingerprint density at radius 2 is 1.64 bits per heavy atom. The highest BCUT2D eigenvalue weighted by molar-refractivity contribution is 6.04. The average molecular weight is 380 g/mol. The second-order valence-electron chi connectivity index (χ2n) is 8.98. The summed E-state index contributed by atoms with van der Waals surface area (Å²) in [5.74, 6) is 0.0887. The third-order valence-electron chi connectivity index (χ3n) is 6.12. The van der Waals surface area contributed by atoms with Gasteiger partial charge in [0.15, 0.2) is 5.78 Å². The van der Waals surface area contributed by atoms with E-state index in [1.165, 1.54) is 4.68 Å². The number of carbonyl (C=O) groups is 1. The number of benzene rings is 1. The topological polar surface area (TPSA) is 61.1 Å². The maximum Gasteiger partial charge on any atom is 0.277 e. The Bertz CT molecular complexity index is 1100. The molecule has 2 heterocycles. The Kier molecular flexibility index (Phi) is 4.64. The third kappa shape index (κ3) is 2.88. The zero-order valence-corrected chi connectivity index (χ0v) is 17.0. The number of aromatic nitrogens is 2. The van der Waals surface area contributed by atoms with Crippen LogP contribution in [0.3, 0.4) is 0 Å². The standard InChI is InChI=1S/C23H28N2O3/c1-4-5-6-7-12-17-20-18(13-23(2,3)14-19(20)26)25-22(28)16-11-9-8-10-15(16)21(27)24(17)25/h8-11,17H,4-7,12-14H2,1-3H3. The van der Waals surface area contributed by atoms with Crippen molar-refractivity contribution in [3.05, 3.63) is 50.5 Å². The monoisotopic (exact) mass is 380 g/mol. The average Bonchev–Trinajstić information content (AvgIpc) is 2.97. The first-order valence-corrected chi connectivity index (χ1v) is 10.4. The van der Waals surface area contributed by atoms with Crippen molar-refractivity contribution in [3.8, 4) is 0 Å². The highest BCUT2D eigenvalue weighted by Crippen LogP contribution is 2.46. The van der Waals surface area contributed by atoms with Crippen LogP contribution in [-0.4, -0.2) is 15.1 Å². The van der Waals surface area contributed by atoms with Gasteiger partial charge in [-0.25, -0.2) is 9.36 Å². The molecule has 1 unspecified atom stereocenters. The van der Waals surface area contributed by atoms with Crippen LogP contribution in [0, 0.1) is 5.41 Å². The van der Waals surface area contributed by atoms with Crippen molar-refractivity contribution in [1.29, 1.82) is 0 Å². The molecule has 1 aliphatic heterocycles. The molecule has 1 aromatic heterocycles. The number of nitrogens with zero attached hydrogens (tertiary/aromatic N) is 2. The second kappa shape index (κ2) is 6.87. The molecule has 2 aliphatic rings. The number of Topliss-reactive ketones (excluding diaryl/α,β-unsaturated/α-hetero) is 1. The third-order valence-corrected chi connectivity index (χ3v) is 6.12. The number of ketones is 1. The van der Waals surface area contributed by atoms with E-state index >= 15 is 0 Å². The molecule has 0 N–H and O–H groups in total. The zero-order valence-electron chi connectivity index (χ0n) is 17.0. The van der Waals surface area contributed by atoms with Gasteiger partial charge in [-0.3, -0.25) is 14.4 Å². The van der Waals surface area contributed by atoms with Gasteiger partial charge in [0.05, 0.1) is 22.5 Å². The minimum Gasteiger partial charge on any atom is -0.294 e. The smallest absolute Gasteiger partial charge is 0.277 e. The van der Waals surface area contributed by atoms with Crippen LogP contribution < -0.4 is 11.1 Å². The van der Waals surface area contributed by atoms with Gasteiger partial charge in [-0.2, -0.15) is 0 Å². The van der Waals surface area contributed by atoms with Crippen molar-refractivity contribution in [3.63, 3.8) is 0 Å². The van der Waals surface area contributed by atoms with Gasteiger partial charge in [-0.05, 0) is 30.4 Å². The number of allylic oxidation sites excluding steroid dienone is 2. The molecule has 2 aromatic rings. The Morgan fingerprint density at radius 1 is 0.964 bits per heavy atom. The van der Waals surface area contributed by atoms with E-state index in [4.69, 9.17) is 0 Å². The molecule has 1 aromatic carbocycles. The van der Waals surface area contributed by atoms with Crippen molar-refractivity contribution in [2.45, 2.75) is 71.8 Å². The summed E-state index contributed by atoms with van der Waals surface area (Å²) in [6.07, 6.45) is 6.11. The van der Waals surface area contributed by atoms with Gasteiger partial charge in [0, 0.05) is 12.0 Å². The molecule has 0 radical (unpaired) electrons. The SMILES string of the molecule is CCCCCCC1C2=C(CC(C)(C)CC2=O)n2c(=O)c3ccccc3c(=O)n21. The van der Waals surface area contributed by atoms with Gasteiger partial charge in [0.25, 0.3) is 11.1 Å². The Balaban J connectivity index is 1.94. The van der Waals surface area contributed by atoms with Crippen LogP contribution >= 0.6 is 0 Å². The van der Waals surface area contributed by atoms with Gasteiger partial charge in [-0.15, -0.1) is 0 Å². The molecule has 0 amide bonds. The summed E-state index contributed by atoms with van der Waals surface area (Å²) in [4.78, 5) is 39.8. The number of hydrogen-bond donors (Lipinski definition) is 0. The lowest BCUT2D eigenvalue weighted by Gasteiger charge is -2.30. The van der Waals surface area contributed by atoms with Crippen molar-refractivity contribution in [2.24, 2.45) is 5.41 Å². The second-order valence-corrected chi connectivity index (χ2v) is 8.98. The van der Waals surface area contributed by atoms with E-state index in [1.807, 2.05) is 0 Å². The minimum absolute atomic E-state index is 0.0887. The minimum atomic E-state index is -0.319. The summed E-state index contributed by atoms with van der Waals surface area (Å²) in [7, 11) is 0. The highest BCUT2D eigenvalue weighted by atomic mass is 16.2. The Morgan fingerprint density at radius 3 is 2.32 bits per heavy atom. The van der Waals surface area contributed by atoms with Crippen LogP contribution in [0.4, 0.5) is 0 Å². The largest absolute Gasteiger partial charge is 0.294 e. The Hall–Kier alpha value is -2.43. The molecule has 28 heavy (non-hydrogen) atoms. The van der Waals surface area contributed by atoms with E-state index < -0.39 is 0 Å². The number of unbranched alkanes of at least 4 members (excludes halogenated alkanes) is 3. The van der Waals surface area contributed by atoms with E-state index in [2.05, 4.69) is 20.8 Å². The van der Waals surface area contributed by atoms with Crippen LogP contribution in [0.2, 0.25) is 0 Å². The molecule has 5 nitrogen and oxygen atoms in total. The van der Waals surface area contributed by atoms with Crippen molar-refractivity contribution in [2.75, 3.05) is 0 Å². The lowest BCUT2D eigenvalue weighted by molar-refractivity contribution is -0.118. The first-order chi connectivity index (χ1) is 13.4. The first-order valence-electron chi connectivity index (χ1n) is 10.4. The fourth-order valence-electron chi connectivity index (χ4n) is 4.84. The van der Waals surface area contributed by atoms with Gasteiger partial charge < -0.3 is 0 Å². The van der Waals surface area contributed by atoms with E-state index in [-0.39, 0.29) is 28.4 Å². The summed E-state index contributed by atoms with van der Waals surface area (Å²) in [5, 5.41) is 0.868. The van der Waals surface area contributed by atoms with Crippen molar-refractivity contribution >= 4 is 22.3 Å². The molecule has 0 saturated carbocycles. The number of fused-ring (bicyclic) bond motifs is 3. The van der Waals surface area contributed by atoms with E-state index in [0.29, 0.717) is 29.2 Å². The summed E-state index contributed by atoms with van der Waals surface area (Å²) >= 11 is 0. The lowest BCUT2D eigenvalue weighted by atomic mass is 9.74. The number of carbonyl (C=O) groups excluding carboxylic acids is 1. The Labute approximate surface area is 164 Å². The molecule has 0 saturated heterocycles. The first kappa shape index (κ1) is 18.9. The molecular weight excluding hydrogens is 352 g/mol. The highest BCUT2D eigenvalue weighted by Gasteiger charge is 2.43. The molecule has 4 rings (SSSR count). The molecule has 0 bridgehead atoms. The van der Waals surface area contributed by atoms with Crippen LogP contribution in [0.5, 0.6) is 0 Å². The molecular formula is C23H28N2O3. The number of rotatable bonds is 5. The summed E-state index contributed by atoms with van der Waals surface area (Å²) < 4.78 is 3.11. The fraction of sp³-hybridized carbons (Fsp3) is 0.522. The van der Waals surface area contributed by atoms with Gasteiger partial charge in [0.1, 0.15) is 0 Å². The normalized spacial score (nSPS) is 20.5. The molecule has 1 atom stereocenters. The predicted octanol–water partition coefficient (Wildman–Crippen LogP) is 4.29. The quantitative estimate of drug-likeness (QED) is 0.727. The van der Waals surface area contributed by atoms with Crippen LogP contribution in [0.15, 0.2) is 39.4 Å². The van der Waals surface area contributed by atoms with Crippen molar-refractivity contribution < 1.29 is 4.79 Å². The maximum absolute atomic E-state index is 13.3. The van der Waals surface area contributed by atoms with E-state index in [1.54, 1.807) is 28.9 Å². The van der Waals surface area contributed by atoms with E-state index in [0.717, 1.165) is 37.8 Å². The molecule has 5 heteroatoms. The molecule has 0 spiro atoms. The molecule has 148 valence electrons. The fourth-order valence-corrected chi connectivity index (χ4v) is 4.84. The number of hydrogen-bond acceptors (Lipinski definition) is 3. The van der Waals surface area contributed by atoms with E-state index in [9.17, 15) is 14.4 Å². The summed E-state index contributed by atoms with van der Waals surface area (Å²) in [6.45, 7) is 6.27. The summed E-state index contributed by atoms with van der Waals surface area (Å²) in [6, 6.07) is 6.67. The predicted molar refractivity (Wildman–Crippen MR) is 112 cm³/mol. The zero-order chi connectivity index (χ0) is 20.1. The summed E-state index contributed by atoms with van der Waals surface area (Å²) in [5.41, 5.74) is 0.874. The van der Waals surface area contributed by atoms with Gasteiger partial charge >= 0.3 is 0 Å². The lowest BCUT2D eigenvalue weighted by Crippen LogP contribution is -2.37. The molecule has 0 fully saturated rings. The van der Waals surface area contributed by atoms with Crippen molar-refractivity contribution in [1.82, 2.24) is 9.36 Å². The van der Waals surface area contributed by atoms with Crippen LogP contribution in [-0.2, 0) is 4.79 Å². The van der Waals surface area contributed by atoms with Crippen LogP contribution in [0.25, 0.3) is 16.5 Å². The van der Waals surface area contributed by atoms with Gasteiger partial charge in [0.2, 0.25) is 0 Å². The molecule has 1 aliphatic carbocycles. The maximum atomic E-state index is 13.3.